The van der Waals surface area contributed by atoms with Gasteiger partial charge in [0.05, 0.1) is 11.3 Å². The van der Waals surface area contributed by atoms with Crippen LogP contribution >= 0.6 is 0 Å². The maximum absolute atomic E-state index is 10.7. The molecule has 1 N–H and O–H groups in total. The number of carboxylic acid groups (broad SMARTS) is 1. The SMILES string of the molecule is O=C(O)c1ccc(C=Nc2ccncc2)cc1. The van der Waals surface area contributed by atoms with Crippen molar-refractivity contribution in [2.24, 2.45) is 4.99 Å². The molecule has 0 unspecified atom stereocenters. The Bertz CT molecular complexity index is 533. The molecule has 0 bridgehead atoms. The van der Waals surface area contributed by atoms with E-state index >= 15 is 0 Å². The highest BCUT2D eigenvalue weighted by Crippen LogP contribution is 2.09. The molecular weight excluding hydrogens is 216 g/mol. The molecule has 0 aliphatic rings. The number of nitrogens with zero attached hydrogens (tertiary/aromatic N) is 2. The predicted molar refractivity (Wildman–Crippen MR) is 64.9 cm³/mol. The highest BCUT2D eigenvalue weighted by atomic mass is 16.4. The number of benzene rings is 1. The minimum absolute atomic E-state index is 0.270. The van der Waals surface area contributed by atoms with Crippen molar-refractivity contribution < 1.29 is 9.90 Å². The summed E-state index contributed by atoms with van der Waals surface area (Å²) < 4.78 is 0. The molecule has 1 heterocycles. The Morgan fingerprint density at radius 2 is 1.76 bits per heavy atom. The second kappa shape index (κ2) is 5.03. The Balaban J connectivity index is 2.14. The van der Waals surface area contributed by atoms with Crippen LogP contribution in [0.3, 0.4) is 0 Å². The molecule has 1 aromatic carbocycles. The van der Waals surface area contributed by atoms with E-state index in [1.165, 1.54) is 0 Å². The van der Waals surface area contributed by atoms with Gasteiger partial charge in [-0.05, 0) is 29.8 Å². The largest absolute Gasteiger partial charge is 0.478 e. The fourth-order valence-electron chi connectivity index (χ4n) is 1.29. The van der Waals surface area contributed by atoms with Crippen molar-refractivity contribution in [3.63, 3.8) is 0 Å². The molecule has 4 heteroatoms. The highest BCUT2D eigenvalue weighted by molar-refractivity contribution is 5.89. The van der Waals surface area contributed by atoms with E-state index in [0.29, 0.717) is 0 Å². The van der Waals surface area contributed by atoms with Gasteiger partial charge in [0.15, 0.2) is 0 Å². The van der Waals surface area contributed by atoms with Crippen molar-refractivity contribution in [1.82, 2.24) is 4.98 Å². The van der Waals surface area contributed by atoms with Crippen molar-refractivity contribution in [2.45, 2.75) is 0 Å². The lowest BCUT2D eigenvalue weighted by atomic mass is 10.1. The lowest BCUT2D eigenvalue weighted by Crippen LogP contribution is -1.95. The summed E-state index contributed by atoms with van der Waals surface area (Å²) in [5.41, 5.74) is 1.93. The molecule has 0 spiro atoms. The first kappa shape index (κ1) is 11.0. The number of aromatic nitrogens is 1. The maximum atomic E-state index is 10.7. The van der Waals surface area contributed by atoms with Gasteiger partial charge in [0.1, 0.15) is 0 Å². The van der Waals surface area contributed by atoms with Crippen molar-refractivity contribution in [3.8, 4) is 0 Å². The van der Waals surface area contributed by atoms with Crippen LogP contribution in [0.5, 0.6) is 0 Å². The lowest BCUT2D eigenvalue weighted by Gasteiger charge is -1.95. The van der Waals surface area contributed by atoms with Crippen LogP contribution in [-0.4, -0.2) is 22.3 Å². The average molecular weight is 226 g/mol. The third-order valence-electron chi connectivity index (χ3n) is 2.18. The second-order valence-corrected chi connectivity index (χ2v) is 3.39. The Morgan fingerprint density at radius 3 is 2.35 bits per heavy atom. The minimum atomic E-state index is -0.928. The molecule has 0 radical (unpaired) electrons. The normalized spacial score (nSPS) is 10.6. The monoisotopic (exact) mass is 226 g/mol. The van der Waals surface area contributed by atoms with Crippen LogP contribution in [0.1, 0.15) is 15.9 Å². The molecule has 0 aliphatic carbocycles. The summed E-state index contributed by atoms with van der Waals surface area (Å²) in [6.45, 7) is 0. The van der Waals surface area contributed by atoms with Gasteiger partial charge >= 0.3 is 5.97 Å². The molecule has 2 rings (SSSR count). The summed E-state index contributed by atoms with van der Waals surface area (Å²) in [4.78, 5) is 18.8. The van der Waals surface area contributed by atoms with E-state index in [1.54, 1.807) is 55.0 Å². The number of aliphatic imine (C=N–C) groups is 1. The first-order chi connectivity index (χ1) is 8.25. The van der Waals surface area contributed by atoms with E-state index in [1.807, 2.05) is 0 Å². The molecule has 2 aromatic rings. The molecule has 17 heavy (non-hydrogen) atoms. The van der Waals surface area contributed by atoms with Gasteiger partial charge in [-0.1, -0.05) is 12.1 Å². The highest BCUT2D eigenvalue weighted by Gasteiger charge is 2.00. The topological polar surface area (TPSA) is 62.5 Å². The molecule has 4 nitrogen and oxygen atoms in total. The fourth-order valence-corrected chi connectivity index (χ4v) is 1.29. The Morgan fingerprint density at radius 1 is 1.12 bits per heavy atom. The number of rotatable bonds is 3. The summed E-state index contributed by atoms with van der Waals surface area (Å²) in [5.74, 6) is -0.928. The summed E-state index contributed by atoms with van der Waals surface area (Å²) in [6, 6.07) is 10.1. The van der Waals surface area contributed by atoms with E-state index < -0.39 is 5.97 Å². The Labute approximate surface area is 98.3 Å². The standard InChI is InChI=1S/C13H10N2O2/c16-13(17)11-3-1-10(2-4-11)9-15-12-5-7-14-8-6-12/h1-9H,(H,16,17). The third kappa shape index (κ3) is 2.98. The average Bonchev–Trinajstić information content (AvgIpc) is 2.38. The molecule has 1 aromatic heterocycles. The zero-order valence-corrected chi connectivity index (χ0v) is 8.95. The molecule has 0 aliphatic heterocycles. The van der Waals surface area contributed by atoms with Crippen molar-refractivity contribution in [1.29, 1.82) is 0 Å². The minimum Gasteiger partial charge on any atom is -0.478 e. The molecule has 84 valence electrons. The van der Waals surface area contributed by atoms with Gasteiger partial charge in [-0.2, -0.15) is 0 Å². The van der Waals surface area contributed by atoms with Gasteiger partial charge in [0.25, 0.3) is 0 Å². The third-order valence-corrected chi connectivity index (χ3v) is 2.18. The number of hydrogen-bond donors (Lipinski definition) is 1. The van der Waals surface area contributed by atoms with Gasteiger partial charge in [0.2, 0.25) is 0 Å². The summed E-state index contributed by atoms with van der Waals surface area (Å²) >= 11 is 0. The molecular formula is C13H10N2O2. The second-order valence-electron chi connectivity index (χ2n) is 3.39. The van der Waals surface area contributed by atoms with Crippen molar-refractivity contribution >= 4 is 17.9 Å². The van der Waals surface area contributed by atoms with E-state index in [9.17, 15) is 4.79 Å². The van der Waals surface area contributed by atoms with Crippen LogP contribution in [0.4, 0.5) is 5.69 Å². The van der Waals surface area contributed by atoms with Gasteiger partial charge in [0, 0.05) is 18.6 Å². The molecule has 0 fully saturated rings. The summed E-state index contributed by atoms with van der Waals surface area (Å²) in [7, 11) is 0. The van der Waals surface area contributed by atoms with E-state index in [0.717, 1.165) is 11.3 Å². The maximum Gasteiger partial charge on any atom is 0.335 e. The number of carboxylic acids is 1. The lowest BCUT2D eigenvalue weighted by molar-refractivity contribution is 0.0697. The van der Waals surface area contributed by atoms with Gasteiger partial charge in [-0.25, -0.2) is 4.79 Å². The quantitative estimate of drug-likeness (QED) is 0.818. The van der Waals surface area contributed by atoms with Crippen LogP contribution in [0.15, 0.2) is 53.8 Å². The smallest absolute Gasteiger partial charge is 0.335 e. The van der Waals surface area contributed by atoms with Crippen LogP contribution in [-0.2, 0) is 0 Å². The van der Waals surface area contributed by atoms with Crippen LogP contribution in [0.25, 0.3) is 0 Å². The summed E-state index contributed by atoms with van der Waals surface area (Å²) in [5, 5.41) is 8.74. The van der Waals surface area contributed by atoms with E-state index in [2.05, 4.69) is 9.98 Å². The van der Waals surface area contributed by atoms with Gasteiger partial charge in [-0.15, -0.1) is 0 Å². The van der Waals surface area contributed by atoms with E-state index in [-0.39, 0.29) is 5.56 Å². The molecule has 0 amide bonds. The molecule has 0 saturated carbocycles. The number of carbonyl (C=O) groups is 1. The van der Waals surface area contributed by atoms with Crippen LogP contribution in [0, 0.1) is 0 Å². The zero-order valence-electron chi connectivity index (χ0n) is 8.95. The van der Waals surface area contributed by atoms with Crippen LogP contribution < -0.4 is 0 Å². The number of hydrogen-bond acceptors (Lipinski definition) is 3. The zero-order chi connectivity index (χ0) is 12.1. The number of aromatic carboxylic acids is 1. The van der Waals surface area contributed by atoms with E-state index in [4.69, 9.17) is 5.11 Å². The first-order valence-corrected chi connectivity index (χ1v) is 5.03. The van der Waals surface area contributed by atoms with Gasteiger partial charge in [-0.3, -0.25) is 9.98 Å². The fraction of sp³-hybridized carbons (Fsp3) is 0. The number of pyridine rings is 1. The summed E-state index contributed by atoms with van der Waals surface area (Å²) in [6.07, 6.45) is 5.02. The Kier molecular flexibility index (Phi) is 3.25. The molecule has 0 atom stereocenters. The molecule has 0 saturated heterocycles. The first-order valence-electron chi connectivity index (χ1n) is 5.03. The Hall–Kier alpha value is -2.49. The predicted octanol–water partition coefficient (Wildman–Crippen LogP) is 2.53. The van der Waals surface area contributed by atoms with Crippen LogP contribution in [0.2, 0.25) is 0 Å². The van der Waals surface area contributed by atoms with Crippen molar-refractivity contribution in [2.75, 3.05) is 0 Å². The van der Waals surface area contributed by atoms with Gasteiger partial charge < -0.3 is 5.11 Å². The van der Waals surface area contributed by atoms with Crippen molar-refractivity contribution in [3.05, 3.63) is 59.9 Å².